The molecule has 0 saturated carbocycles. The van der Waals surface area contributed by atoms with Crippen molar-refractivity contribution in [3.05, 3.63) is 29.6 Å². The Morgan fingerprint density at radius 3 is 2.71 bits per heavy atom. The van der Waals surface area contributed by atoms with Crippen LogP contribution >= 0.6 is 0 Å². The lowest BCUT2D eigenvalue weighted by atomic mass is 10.1. The Hall–Kier alpha value is -1.09. The summed E-state index contributed by atoms with van der Waals surface area (Å²) in [5.41, 5.74) is 0.895. The highest BCUT2D eigenvalue weighted by molar-refractivity contribution is 5.37. The zero-order valence-corrected chi connectivity index (χ0v) is 10.9. The number of ether oxygens (including phenoxy) is 1. The maximum Gasteiger partial charge on any atom is 0.165 e. The quantitative estimate of drug-likeness (QED) is 0.783. The summed E-state index contributed by atoms with van der Waals surface area (Å²) in [5.74, 6) is 0.117. The first kappa shape index (κ1) is 14.0. The van der Waals surface area contributed by atoms with Gasteiger partial charge in [0.25, 0.3) is 0 Å². The second-order valence-electron chi connectivity index (χ2n) is 4.18. The second kappa shape index (κ2) is 7.28. The van der Waals surface area contributed by atoms with Crippen LogP contribution in [0.2, 0.25) is 0 Å². The van der Waals surface area contributed by atoms with Crippen LogP contribution in [0.1, 0.15) is 45.2 Å². The van der Waals surface area contributed by atoms with E-state index >= 15 is 0 Å². The summed E-state index contributed by atoms with van der Waals surface area (Å²) in [4.78, 5) is 0. The molecule has 0 bridgehead atoms. The van der Waals surface area contributed by atoms with Crippen molar-refractivity contribution in [3.8, 4) is 5.75 Å². The summed E-state index contributed by atoms with van der Waals surface area (Å²) in [6.07, 6.45) is 1.94. The zero-order valence-electron chi connectivity index (χ0n) is 10.9. The van der Waals surface area contributed by atoms with E-state index in [0.717, 1.165) is 24.9 Å². The predicted molar refractivity (Wildman–Crippen MR) is 68.9 cm³/mol. The first-order chi connectivity index (χ1) is 8.20. The normalized spacial score (nSPS) is 12.5. The Kier molecular flexibility index (Phi) is 5.98. The van der Waals surface area contributed by atoms with Crippen molar-refractivity contribution in [1.82, 2.24) is 5.32 Å². The van der Waals surface area contributed by atoms with E-state index in [1.54, 1.807) is 6.07 Å². The molecule has 0 aliphatic carbocycles. The van der Waals surface area contributed by atoms with Gasteiger partial charge in [0.05, 0.1) is 6.61 Å². The van der Waals surface area contributed by atoms with Crippen LogP contribution in [-0.4, -0.2) is 13.2 Å². The number of benzene rings is 1. The van der Waals surface area contributed by atoms with Crippen LogP contribution in [0.15, 0.2) is 18.2 Å². The molecule has 1 aromatic rings. The molecule has 96 valence electrons. The first-order valence-corrected chi connectivity index (χ1v) is 6.35. The van der Waals surface area contributed by atoms with Crippen LogP contribution < -0.4 is 10.1 Å². The van der Waals surface area contributed by atoms with Crippen molar-refractivity contribution in [2.45, 2.75) is 39.7 Å². The topological polar surface area (TPSA) is 21.3 Å². The van der Waals surface area contributed by atoms with Gasteiger partial charge < -0.3 is 10.1 Å². The maximum absolute atomic E-state index is 13.7. The van der Waals surface area contributed by atoms with Gasteiger partial charge >= 0.3 is 0 Å². The fraction of sp³-hybridized carbons (Fsp3) is 0.571. The highest BCUT2D eigenvalue weighted by Crippen LogP contribution is 2.28. The van der Waals surface area contributed by atoms with Gasteiger partial charge in [-0.3, -0.25) is 0 Å². The molecular weight excluding hydrogens is 217 g/mol. The van der Waals surface area contributed by atoms with E-state index in [0.29, 0.717) is 12.4 Å². The zero-order chi connectivity index (χ0) is 12.7. The van der Waals surface area contributed by atoms with E-state index in [-0.39, 0.29) is 11.9 Å². The van der Waals surface area contributed by atoms with Gasteiger partial charge in [0, 0.05) is 11.6 Å². The van der Waals surface area contributed by atoms with Gasteiger partial charge in [-0.05, 0) is 32.4 Å². The van der Waals surface area contributed by atoms with Crippen molar-refractivity contribution < 1.29 is 9.13 Å². The molecule has 0 saturated heterocycles. The minimum atomic E-state index is -0.277. The standard InChI is InChI=1S/C14H22FNO/c1-4-9-16-11(3)12-7-6-8-13(15)14(12)17-10-5-2/h6-8,11,16H,4-5,9-10H2,1-3H3. The molecule has 0 fully saturated rings. The lowest BCUT2D eigenvalue weighted by Crippen LogP contribution is -2.20. The summed E-state index contributed by atoms with van der Waals surface area (Å²) in [6.45, 7) is 7.63. The largest absolute Gasteiger partial charge is 0.490 e. The molecular formula is C14H22FNO. The third-order valence-corrected chi connectivity index (χ3v) is 2.61. The van der Waals surface area contributed by atoms with Crippen molar-refractivity contribution in [2.24, 2.45) is 0 Å². The van der Waals surface area contributed by atoms with E-state index in [4.69, 9.17) is 4.74 Å². The summed E-state index contributed by atoms with van der Waals surface area (Å²) in [6, 6.07) is 5.20. The van der Waals surface area contributed by atoms with Crippen LogP contribution in [0, 0.1) is 5.82 Å². The number of halogens is 1. The third-order valence-electron chi connectivity index (χ3n) is 2.61. The number of rotatable bonds is 7. The van der Waals surface area contributed by atoms with Gasteiger partial charge in [0.1, 0.15) is 0 Å². The molecule has 1 rings (SSSR count). The Labute approximate surface area is 103 Å². The van der Waals surface area contributed by atoms with Gasteiger partial charge in [0.15, 0.2) is 11.6 Å². The molecule has 1 unspecified atom stereocenters. The molecule has 0 spiro atoms. The summed E-state index contributed by atoms with van der Waals surface area (Å²) < 4.78 is 19.2. The Bertz CT molecular complexity index is 341. The van der Waals surface area contributed by atoms with Gasteiger partial charge in [-0.1, -0.05) is 26.0 Å². The predicted octanol–water partition coefficient (Wildman–Crippen LogP) is 3.68. The molecule has 0 aliphatic heterocycles. The number of hydrogen-bond acceptors (Lipinski definition) is 2. The summed E-state index contributed by atoms with van der Waals surface area (Å²) in [7, 11) is 0. The molecule has 1 aromatic carbocycles. The maximum atomic E-state index is 13.7. The highest BCUT2D eigenvalue weighted by Gasteiger charge is 2.14. The van der Waals surface area contributed by atoms with Gasteiger partial charge in [-0.25, -0.2) is 4.39 Å². The molecule has 0 heterocycles. The molecule has 17 heavy (non-hydrogen) atoms. The third kappa shape index (κ3) is 4.00. The Morgan fingerprint density at radius 1 is 1.29 bits per heavy atom. The molecule has 0 aromatic heterocycles. The molecule has 1 atom stereocenters. The van der Waals surface area contributed by atoms with Crippen LogP contribution in [0.5, 0.6) is 5.75 Å². The number of hydrogen-bond donors (Lipinski definition) is 1. The fourth-order valence-electron chi connectivity index (χ4n) is 1.69. The Balaban J connectivity index is 2.84. The van der Waals surface area contributed by atoms with Gasteiger partial charge in [-0.2, -0.15) is 0 Å². The SMILES string of the molecule is CCCNC(C)c1cccc(F)c1OCCC. The van der Waals surface area contributed by atoms with Crippen molar-refractivity contribution >= 4 is 0 Å². The van der Waals surface area contributed by atoms with Crippen molar-refractivity contribution in [3.63, 3.8) is 0 Å². The van der Waals surface area contributed by atoms with E-state index < -0.39 is 0 Å². The smallest absolute Gasteiger partial charge is 0.165 e. The van der Waals surface area contributed by atoms with E-state index in [2.05, 4.69) is 12.2 Å². The van der Waals surface area contributed by atoms with E-state index in [9.17, 15) is 4.39 Å². The average Bonchev–Trinajstić information content (AvgIpc) is 2.34. The fourth-order valence-corrected chi connectivity index (χ4v) is 1.69. The monoisotopic (exact) mass is 239 g/mol. The Morgan fingerprint density at radius 2 is 2.06 bits per heavy atom. The minimum absolute atomic E-state index is 0.109. The summed E-state index contributed by atoms with van der Waals surface area (Å²) >= 11 is 0. The number of para-hydroxylation sites is 1. The van der Waals surface area contributed by atoms with Gasteiger partial charge in [-0.15, -0.1) is 0 Å². The van der Waals surface area contributed by atoms with Crippen LogP contribution in [0.25, 0.3) is 0 Å². The molecule has 0 aliphatic rings. The first-order valence-electron chi connectivity index (χ1n) is 6.35. The molecule has 2 nitrogen and oxygen atoms in total. The second-order valence-corrected chi connectivity index (χ2v) is 4.18. The lowest BCUT2D eigenvalue weighted by Gasteiger charge is -2.18. The van der Waals surface area contributed by atoms with Crippen molar-refractivity contribution in [1.29, 1.82) is 0 Å². The molecule has 0 amide bonds. The van der Waals surface area contributed by atoms with E-state index in [1.165, 1.54) is 6.07 Å². The highest BCUT2D eigenvalue weighted by atomic mass is 19.1. The van der Waals surface area contributed by atoms with Crippen LogP contribution in [-0.2, 0) is 0 Å². The van der Waals surface area contributed by atoms with Gasteiger partial charge in [0.2, 0.25) is 0 Å². The minimum Gasteiger partial charge on any atom is -0.490 e. The molecule has 0 radical (unpaired) electrons. The number of nitrogens with one attached hydrogen (secondary N) is 1. The summed E-state index contributed by atoms with van der Waals surface area (Å²) in [5, 5.41) is 3.35. The van der Waals surface area contributed by atoms with Crippen molar-refractivity contribution in [2.75, 3.05) is 13.2 Å². The van der Waals surface area contributed by atoms with E-state index in [1.807, 2.05) is 19.9 Å². The molecule has 3 heteroatoms. The molecule has 1 N–H and O–H groups in total. The van der Waals surface area contributed by atoms with Crippen LogP contribution in [0.3, 0.4) is 0 Å². The average molecular weight is 239 g/mol. The lowest BCUT2D eigenvalue weighted by molar-refractivity contribution is 0.294. The van der Waals surface area contributed by atoms with Crippen LogP contribution in [0.4, 0.5) is 4.39 Å².